The molecule has 4 rings (SSSR count). The highest BCUT2D eigenvalue weighted by Crippen LogP contribution is 2.45. The molecule has 9 nitrogen and oxygen atoms in total. The zero-order chi connectivity index (χ0) is 29.6. The van der Waals surface area contributed by atoms with Gasteiger partial charge in [-0.2, -0.15) is 13.2 Å². The van der Waals surface area contributed by atoms with Crippen LogP contribution in [0.25, 0.3) is 0 Å². The first-order valence-electron chi connectivity index (χ1n) is 12.6. The number of nitrogens with zero attached hydrogens (tertiary/aromatic N) is 4. The summed E-state index contributed by atoms with van der Waals surface area (Å²) in [7, 11) is -3.33. The summed E-state index contributed by atoms with van der Waals surface area (Å²) in [6.45, 7) is 8.07. The van der Waals surface area contributed by atoms with Crippen LogP contribution < -0.4 is 10.2 Å². The summed E-state index contributed by atoms with van der Waals surface area (Å²) in [5.41, 5.74) is -2.12. The predicted octanol–water partition coefficient (Wildman–Crippen LogP) is 4.87. The van der Waals surface area contributed by atoms with E-state index in [1.165, 1.54) is 37.3 Å². The number of sulfone groups is 1. The molecule has 0 saturated heterocycles. The first kappa shape index (κ1) is 29.9. The minimum atomic E-state index is -4.79. The molecular weight excluding hydrogens is 567 g/mol. The smallest absolute Gasteiger partial charge is 0.386 e. The van der Waals surface area contributed by atoms with Crippen LogP contribution in [-0.4, -0.2) is 40.1 Å². The summed E-state index contributed by atoms with van der Waals surface area (Å²) < 4.78 is 65.5. The van der Waals surface area contributed by atoms with E-state index in [2.05, 4.69) is 20.3 Å². The van der Waals surface area contributed by atoms with Gasteiger partial charge in [-0.15, -0.1) is 0 Å². The Morgan fingerprint density at radius 3 is 2.40 bits per heavy atom. The topological polar surface area (TPSA) is 125 Å². The van der Waals surface area contributed by atoms with Crippen molar-refractivity contribution in [3.8, 4) is 0 Å². The third kappa shape index (κ3) is 6.13. The van der Waals surface area contributed by atoms with E-state index in [4.69, 9.17) is 0 Å². The fourth-order valence-corrected chi connectivity index (χ4v) is 6.44. The predicted molar refractivity (Wildman–Crippen MR) is 145 cm³/mol. The number of anilines is 2. The van der Waals surface area contributed by atoms with Crippen LogP contribution in [0.1, 0.15) is 68.1 Å². The Kier molecular flexibility index (Phi) is 8.00. The van der Waals surface area contributed by atoms with Crippen molar-refractivity contribution in [2.45, 2.75) is 70.3 Å². The normalized spacial score (nSPS) is 15.9. The van der Waals surface area contributed by atoms with E-state index >= 15 is 0 Å². The summed E-state index contributed by atoms with van der Waals surface area (Å²) >= 11 is 1.22. The van der Waals surface area contributed by atoms with E-state index in [0.717, 1.165) is 11.1 Å². The van der Waals surface area contributed by atoms with Gasteiger partial charge in [0.1, 0.15) is 0 Å². The molecule has 3 aromatic rings. The Morgan fingerprint density at radius 2 is 1.85 bits per heavy atom. The molecule has 3 heterocycles. The number of halogens is 3. The molecule has 1 atom stereocenters. The van der Waals surface area contributed by atoms with Gasteiger partial charge >= 0.3 is 6.18 Å². The average Bonchev–Trinajstić information content (AvgIpc) is 3.39. The number of amides is 1. The van der Waals surface area contributed by atoms with E-state index in [-0.39, 0.29) is 41.4 Å². The third-order valence-electron chi connectivity index (χ3n) is 6.52. The monoisotopic (exact) mass is 597 g/mol. The molecule has 0 saturated carbocycles. The number of thiazole rings is 1. The van der Waals surface area contributed by atoms with Gasteiger partial charge in [-0.05, 0) is 37.5 Å². The molecule has 0 spiro atoms. The molecule has 1 aromatic carbocycles. The molecule has 0 fully saturated rings. The molecule has 1 aliphatic heterocycles. The number of carbonyl (C=O) groups is 1. The number of fused-ring (bicyclic) bond motifs is 1. The molecule has 0 radical (unpaired) electrons. The number of aromatic nitrogens is 3. The van der Waals surface area contributed by atoms with Gasteiger partial charge in [-0.3, -0.25) is 4.79 Å². The Labute approximate surface area is 234 Å². The van der Waals surface area contributed by atoms with Crippen LogP contribution in [0.2, 0.25) is 0 Å². The maximum Gasteiger partial charge on any atom is 0.433 e. The Hall–Kier alpha value is -3.10. The van der Waals surface area contributed by atoms with E-state index in [9.17, 15) is 31.5 Å². The van der Waals surface area contributed by atoms with Crippen LogP contribution in [-0.2, 0) is 39.4 Å². The summed E-state index contributed by atoms with van der Waals surface area (Å²) in [6.07, 6.45) is -3.76. The lowest BCUT2D eigenvalue weighted by molar-refractivity contribution is -0.144. The van der Waals surface area contributed by atoms with Crippen molar-refractivity contribution in [2.24, 2.45) is 5.92 Å². The minimum absolute atomic E-state index is 0.0120. The number of nitrogens with one attached hydrogen (secondary N) is 1. The Balaban J connectivity index is 1.53. The van der Waals surface area contributed by atoms with Gasteiger partial charge in [0.25, 0.3) is 0 Å². The summed E-state index contributed by atoms with van der Waals surface area (Å²) in [4.78, 5) is 27.9. The second kappa shape index (κ2) is 10.7. The van der Waals surface area contributed by atoms with Crippen molar-refractivity contribution in [1.29, 1.82) is 0 Å². The maximum absolute atomic E-state index is 13.8. The number of carbonyl (C=O) groups excluding carboxylic acids is 1. The van der Waals surface area contributed by atoms with E-state index in [1.807, 2.05) is 13.8 Å². The van der Waals surface area contributed by atoms with Crippen LogP contribution in [0.15, 0.2) is 35.4 Å². The van der Waals surface area contributed by atoms with Crippen molar-refractivity contribution in [1.82, 2.24) is 15.0 Å². The Morgan fingerprint density at radius 1 is 1.20 bits per heavy atom. The lowest BCUT2D eigenvalue weighted by atomic mass is 9.98. The summed E-state index contributed by atoms with van der Waals surface area (Å²) in [6, 6.07) is 5.70. The first-order valence-corrected chi connectivity index (χ1v) is 15.0. The minimum Gasteiger partial charge on any atom is -0.386 e. The largest absolute Gasteiger partial charge is 0.433 e. The van der Waals surface area contributed by atoms with Crippen molar-refractivity contribution in [3.05, 3.63) is 57.9 Å². The fourth-order valence-electron chi connectivity index (χ4n) is 4.54. The molecule has 14 heteroatoms. The van der Waals surface area contributed by atoms with Gasteiger partial charge in [0.15, 0.2) is 20.7 Å². The van der Waals surface area contributed by atoms with E-state index in [1.54, 1.807) is 24.0 Å². The van der Waals surface area contributed by atoms with Gasteiger partial charge in [-0.25, -0.2) is 23.4 Å². The fraction of sp³-hybridized carbons (Fsp3) is 0.462. The standard InChI is InChI=1S/C26H30F3N5O4S2/c1-6-40(37,38)16-9-7-15(8-10-16)11-19(35)31-24-32-20-18(39-24)13-34(21(20)14(2)3)23-30-12-17(25(4,5)36)22(33-23)26(27,28)29/h7-10,12,14,21,36H,6,11,13H2,1-5H3,(H,31,32,35)/t21-/m0/s1. The first-order chi connectivity index (χ1) is 18.5. The van der Waals surface area contributed by atoms with E-state index < -0.39 is 38.9 Å². The second-order valence-electron chi connectivity index (χ2n) is 10.4. The molecule has 216 valence electrons. The SMILES string of the molecule is CCS(=O)(=O)c1ccc(CC(=O)Nc2nc3c(s2)CN(c2ncc(C(C)(C)O)c(C(F)(F)F)n2)[C@H]3C(C)C)cc1. The van der Waals surface area contributed by atoms with Gasteiger partial charge < -0.3 is 15.3 Å². The van der Waals surface area contributed by atoms with Crippen molar-refractivity contribution in [2.75, 3.05) is 16.0 Å². The second-order valence-corrected chi connectivity index (χ2v) is 13.8. The number of benzene rings is 1. The van der Waals surface area contributed by atoms with Gasteiger partial charge in [0.2, 0.25) is 11.9 Å². The third-order valence-corrected chi connectivity index (χ3v) is 9.24. The van der Waals surface area contributed by atoms with Crippen LogP contribution in [0, 0.1) is 5.92 Å². The lowest BCUT2D eigenvalue weighted by Crippen LogP contribution is -2.30. The maximum atomic E-state index is 13.8. The molecule has 0 aliphatic carbocycles. The highest BCUT2D eigenvalue weighted by Gasteiger charge is 2.42. The summed E-state index contributed by atoms with van der Waals surface area (Å²) in [5.74, 6) is -0.546. The van der Waals surface area contributed by atoms with Crippen LogP contribution in [0.3, 0.4) is 0 Å². The molecule has 1 amide bonds. The molecule has 0 bridgehead atoms. The molecule has 40 heavy (non-hydrogen) atoms. The van der Waals surface area contributed by atoms with Gasteiger partial charge in [-0.1, -0.05) is 44.2 Å². The average molecular weight is 598 g/mol. The lowest BCUT2D eigenvalue weighted by Gasteiger charge is -2.29. The molecule has 0 unspecified atom stereocenters. The number of rotatable bonds is 8. The van der Waals surface area contributed by atoms with E-state index in [0.29, 0.717) is 16.4 Å². The Bertz CT molecular complexity index is 1510. The highest BCUT2D eigenvalue weighted by molar-refractivity contribution is 7.91. The zero-order valence-electron chi connectivity index (χ0n) is 22.6. The van der Waals surface area contributed by atoms with Crippen LogP contribution in [0.5, 0.6) is 0 Å². The number of hydrogen-bond donors (Lipinski definition) is 2. The number of alkyl halides is 3. The van der Waals surface area contributed by atoms with Crippen LogP contribution in [0.4, 0.5) is 24.3 Å². The van der Waals surface area contributed by atoms with Gasteiger partial charge in [0.05, 0.1) is 45.8 Å². The van der Waals surface area contributed by atoms with Crippen molar-refractivity contribution < 1.29 is 31.5 Å². The number of hydrogen-bond acceptors (Lipinski definition) is 9. The summed E-state index contributed by atoms with van der Waals surface area (Å²) in [5, 5.41) is 13.4. The molecule has 1 aliphatic rings. The van der Waals surface area contributed by atoms with Gasteiger partial charge in [0, 0.05) is 11.8 Å². The van der Waals surface area contributed by atoms with Crippen molar-refractivity contribution in [3.63, 3.8) is 0 Å². The molecular formula is C26H30F3N5O4S2. The van der Waals surface area contributed by atoms with Crippen molar-refractivity contribution >= 4 is 38.2 Å². The molecule has 2 aromatic heterocycles. The zero-order valence-corrected chi connectivity index (χ0v) is 24.2. The molecule has 2 N–H and O–H groups in total. The highest BCUT2D eigenvalue weighted by atomic mass is 32.2. The van der Waals surface area contributed by atoms with Crippen LogP contribution >= 0.6 is 11.3 Å². The number of aliphatic hydroxyl groups is 1. The quantitative estimate of drug-likeness (QED) is 0.377.